The van der Waals surface area contributed by atoms with Crippen molar-refractivity contribution in [1.82, 2.24) is 0 Å². The minimum absolute atomic E-state index is 0.159. The zero-order chi connectivity index (χ0) is 14.6. The highest BCUT2D eigenvalue weighted by Crippen LogP contribution is 2.23. The number of aryl methyl sites for hydroxylation is 1. The first-order valence-electron chi connectivity index (χ1n) is 5.41. The summed E-state index contributed by atoms with van der Waals surface area (Å²) in [6.07, 6.45) is 0. The fourth-order valence-electron chi connectivity index (χ4n) is 1.19. The first-order chi connectivity index (χ1) is 8.78. The first kappa shape index (κ1) is 15.6. The second kappa shape index (κ2) is 6.10. The van der Waals surface area contributed by atoms with Crippen LogP contribution >= 0.6 is 15.9 Å². The summed E-state index contributed by atoms with van der Waals surface area (Å²) in [7, 11) is 0. The van der Waals surface area contributed by atoms with Gasteiger partial charge in [0.1, 0.15) is 0 Å². The second-order valence-corrected chi connectivity index (χ2v) is 4.57. The molecule has 19 heavy (non-hydrogen) atoms. The minimum atomic E-state index is -4.21. The number of hydrogen-bond donors (Lipinski definition) is 1. The molecule has 0 aromatic heterocycles. The van der Waals surface area contributed by atoms with E-state index in [0.29, 0.717) is 4.47 Å². The number of esters is 1. The summed E-state index contributed by atoms with van der Waals surface area (Å²) in [5.41, 5.74) is 1.04. The van der Waals surface area contributed by atoms with Crippen LogP contribution < -0.4 is 5.32 Å². The molecule has 0 aliphatic rings. The molecule has 1 aromatic carbocycles. The Morgan fingerprint density at radius 1 is 1.42 bits per heavy atom. The van der Waals surface area contributed by atoms with Crippen LogP contribution in [0, 0.1) is 6.92 Å². The molecule has 0 spiro atoms. The lowest BCUT2D eigenvalue weighted by atomic mass is 10.2. The SMILES string of the molecule is CCOC(=O)C(F)(F)C(=O)Nc1ccc(C)c(Br)c1. The van der Waals surface area contributed by atoms with Crippen LogP contribution in [0.1, 0.15) is 12.5 Å². The second-order valence-electron chi connectivity index (χ2n) is 3.71. The number of rotatable bonds is 4. The van der Waals surface area contributed by atoms with Gasteiger partial charge in [0, 0.05) is 10.2 Å². The number of benzene rings is 1. The van der Waals surface area contributed by atoms with Gasteiger partial charge >= 0.3 is 17.8 Å². The summed E-state index contributed by atoms with van der Waals surface area (Å²) >= 11 is 3.21. The van der Waals surface area contributed by atoms with Crippen LogP contribution in [0.25, 0.3) is 0 Å². The zero-order valence-electron chi connectivity index (χ0n) is 10.3. The molecule has 1 aromatic rings. The molecule has 0 fully saturated rings. The number of alkyl halides is 2. The zero-order valence-corrected chi connectivity index (χ0v) is 11.9. The molecule has 0 bridgehead atoms. The minimum Gasteiger partial charge on any atom is -0.461 e. The van der Waals surface area contributed by atoms with E-state index in [9.17, 15) is 18.4 Å². The third-order valence-electron chi connectivity index (χ3n) is 2.25. The van der Waals surface area contributed by atoms with Gasteiger partial charge < -0.3 is 10.1 Å². The van der Waals surface area contributed by atoms with Gasteiger partial charge in [-0.1, -0.05) is 22.0 Å². The van der Waals surface area contributed by atoms with Crippen LogP contribution in [0.15, 0.2) is 22.7 Å². The molecule has 1 N–H and O–H groups in total. The van der Waals surface area contributed by atoms with Crippen molar-refractivity contribution >= 4 is 33.5 Å². The average Bonchev–Trinajstić information content (AvgIpc) is 2.34. The molecule has 4 nitrogen and oxygen atoms in total. The highest BCUT2D eigenvalue weighted by molar-refractivity contribution is 9.10. The van der Waals surface area contributed by atoms with E-state index in [2.05, 4.69) is 20.7 Å². The van der Waals surface area contributed by atoms with Crippen molar-refractivity contribution in [3.8, 4) is 0 Å². The standard InChI is InChI=1S/C12H12BrF2NO3/c1-3-19-11(18)12(14,15)10(17)16-8-5-4-7(2)9(13)6-8/h4-6H,3H2,1-2H3,(H,16,17). The van der Waals surface area contributed by atoms with E-state index in [4.69, 9.17) is 0 Å². The van der Waals surface area contributed by atoms with Gasteiger partial charge in [-0.2, -0.15) is 8.78 Å². The molecule has 0 aliphatic heterocycles. The van der Waals surface area contributed by atoms with Crippen LogP contribution in [-0.2, 0) is 14.3 Å². The number of halogens is 3. The monoisotopic (exact) mass is 335 g/mol. The van der Waals surface area contributed by atoms with E-state index >= 15 is 0 Å². The van der Waals surface area contributed by atoms with Crippen molar-refractivity contribution < 1.29 is 23.1 Å². The van der Waals surface area contributed by atoms with E-state index in [1.807, 2.05) is 12.2 Å². The van der Waals surface area contributed by atoms with Gasteiger partial charge in [-0.05, 0) is 31.5 Å². The van der Waals surface area contributed by atoms with E-state index < -0.39 is 17.8 Å². The van der Waals surface area contributed by atoms with Gasteiger partial charge in [0.05, 0.1) is 6.61 Å². The fourth-order valence-corrected chi connectivity index (χ4v) is 1.57. The number of amides is 1. The fraction of sp³-hybridized carbons (Fsp3) is 0.333. The Morgan fingerprint density at radius 3 is 2.58 bits per heavy atom. The Kier molecular flexibility index (Phi) is 4.99. The molecule has 104 valence electrons. The Bertz CT molecular complexity index is 506. The number of ether oxygens (including phenoxy) is 1. The van der Waals surface area contributed by atoms with E-state index in [-0.39, 0.29) is 12.3 Å². The van der Waals surface area contributed by atoms with Gasteiger partial charge in [-0.15, -0.1) is 0 Å². The maximum absolute atomic E-state index is 13.4. The number of nitrogens with one attached hydrogen (secondary N) is 1. The smallest absolute Gasteiger partial charge is 0.419 e. The summed E-state index contributed by atoms with van der Waals surface area (Å²) in [5, 5.41) is 1.97. The summed E-state index contributed by atoms with van der Waals surface area (Å²) < 4.78 is 31.5. The molecule has 1 rings (SSSR count). The van der Waals surface area contributed by atoms with Crippen molar-refractivity contribution in [1.29, 1.82) is 0 Å². The summed E-state index contributed by atoms with van der Waals surface area (Å²) in [6.45, 7) is 2.96. The maximum Gasteiger partial charge on any atom is 0.419 e. The lowest BCUT2D eigenvalue weighted by Gasteiger charge is -2.14. The highest BCUT2D eigenvalue weighted by Gasteiger charge is 2.49. The Hall–Kier alpha value is -1.50. The topological polar surface area (TPSA) is 55.4 Å². The van der Waals surface area contributed by atoms with E-state index in [0.717, 1.165) is 5.56 Å². The van der Waals surface area contributed by atoms with Gasteiger partial charge in [0.2, 0.25) is 0 Å². The van der Waals surface area contributed by atoms with Crippen molar-refractivity contribution in [2.24, 2.45) is 0 Å². The van der Waals surface area contributed by atoms with Gasteiger partial charge in [0.25, 0.3) is 0 Å². The Balaban J connectivity index is 2.83. The predicted octanol–water partition coefficient (Wildman–Crippen LogP) is 2.89. The summed E-state index contributed by atoms with van der Waals surface area (Å²) in [6, 6.07) is 4.57. The molecular weight excluding hydrogens is 324 g/mol. The molecule has 0 atom stereocenters. The van der Waals surface area contributed by atoms with E-state index in [1.54, 1.807) is 6.07 Å². The highest BCUT2D eigenvalue weighted by atomic mass is 79.9. The molecule has 0 saturated carbocycles. The lowest BCUT2D eigenvalue weighted by Crippen LogP contribution is -2.43. The number of anilines is 1. The van der Waals surface area contributed by atoms with Crippen LogP contribution in [0.2, 0.25) is 0 Å². The van der Waals surface area contributed by atoms with Crippen LogP contribution in [0.4, 0.5) is 14.5 Å². The van der Waals surface area contributed by atoms with Crippen molar-refractivity contribution in [3.05, 3.63) is 28.2 Å². The quantitative estimate of drug-likeness (QED) is 0.679. The number of carbonyl (C=O) groups is 2. The largest absolute Gasteiger partial charge is 0.461 e. The first-order valence-corrected chi connectivity index (χ1v) is 6.21. The molecule has 0 aliphatic carbocycles. The Morgan fingerprint density at radius 2 is 2.05 bits per heavy atom. The van der Waals surface area contributed by atoms with Gasteiger partial charge in [-0.25, -0.2) is 4.79 Å². The van der Waals surface area contributed by atoms with Gasteiger partial charge in [-0.3, -0.25) is 4.79 Å². The van der Waals surface area contributed by atoms with Crippen molar-refractivity contribution in [2.75, 3.05) is 11.9 Å². The lowest BCUT2D eigenvalue weighted by molar-refractivity contribution is -0.175. The molecule has 0 saturated heterocycles. The molecule has 0 radical (unpaired) electrons. The molecule has 1 amide bonds. The summed E-state index contributed by atoms with van der Waals surface area (Å²) in [4.78, 5) is 22.3. The van der Waals surface area contributed by atoms with E-state index in [1.165, 1.54) is 19.1 Å². The molecular formula is C12H12BrF2NO3. The molecule has 0 unspecified atom stereocenters. The van der Waals surface area contributed by atoms with Gasteiger partial charge in [0.15, 0.2) is 0 Å². The van der Waals surface area contributed by atoms with Crippen LogP contribution in [0.5, 0.6) is 0 Å². The maximum atomic E-state index is 13.4. The van der Waals surface area contributed by atoms with Crippen molar-refractivity contribution in [2.45, 2.75) is 19.8 Å². The molecule has 0 heterocycles. The normalized spacial score (nSPS) is 11.0. The van der Waals surface area contributed by atoms with Crippen molar-refractivity contribution in [3.63, 3.8) is 0 Å². The number of carbonyl (C=O) groups excluding carboxylic acids is 2. The average molecular weight is 336 g/mol. The Labute approximate surface area is 117 Å². The van der Waals surface area contributed by atoms with Crippen LogP contribution in [-0.4, -0.2) is 24.4 Å². The third kappa shape index (κ3) is 3.73. The third-order valence-corrected chi connectivity index (χ3v) is 3.10. The summed E-state index contributed by atoms with van der Waals surface area (Å²) in [5.74, 6) is -7.80. The molecule has 7 heteroatoms. The number of hydrogen-bond acceptors (Lipinski definition) is 3. The predicted molar refractivity (Wildman–Crippen MR) is 69.1 cm³/mol. The van der Waals surface area contributed by atoms with Crippen LogP contribution in [0.3, 0.4) is 0 Å².